The van der Waals surface area contributed by atoms with Crippen LogP contribution in [0.15, 0.2) is 66.9 Å². The topological polar surface area (TPSA) is 73.8 Å². The Kier molecular flexibility index (Phi) is 6.92. The number of hydrogen-bond acceptors (Lipinski definition) is 6. The number of benzene rings is 2. The van der Waals surface area contributed by atoms with Crippen molar-refractivity contribution in [3.8, 4) is 28.5 Å². The van der Waals surface area contributed by atoms with Crippen molar-refractivity contribution in [1.82, 2.24) is 14.9 Å². The van der Waals surface area contributed by atoms with Crippen LogP contribution >= 0.6 is 0 Å². The average molecular weight is 458 g/mol. The number of likely N-dealkylation sites (N-methyl/N-ethyl adjacent to an activating group) is 1. The van der Waals surface area contributed by atoms with Crippen molar-refractivity contribution in [3.05, 3.63) is 78.1 Å². The highest BCUT2D eigenvalue weighted by Gasteiger charge is 2.20. The Morgan fingerprint density at radius 2 is 1.62 bits per heavy atom. The minimum absolute atomic E-state index is 0.0803. The molecule has 0 aliphatic carbocycles. The van der Waals surface area contributed by atoms with E-state index in [1.165, 1.54) is 0 Å². The predicted molar refractivity (Wildman–Crippen MR) is 132 cm³/mol. The fourth-order valence-corrected chi connectivity index (χ4v) is 3.86. The van der Waals surface area contributed by atoms with E-state index in [1.807, 2.05) is 60.7 Å². The highest BCUT2D eigenvalue weighted by atomic mass is 16.5. The molecule has 2 aromatic carbocycles. The molecule has 0 fully saturated rings. The van der Waals surface area contributed by atoms with E-state index in [4.69, 9.17) is 19.2 Å². The summed E-state index contributed by atoms with van der Waals surface area (Å²) in [5, 5.41) is 0.799. The highest BCUT2D eigenvalue weighted by molar-refractivity contribution is 6.07. The first-order chi connectivity index (χ1) is 16.5. The number of methoxy groups -OCH3 is 3. The van der Waals surface area contributed by atoms with Gasteiger partial charge in [0.1, 0.15) is 0 Å². The summed E-state index contributed by atoms with van der Waals surface area (Å²) in [6.45, 7) is 0.548. The number of carbonyl (C=O) groups is 1. The monoisotopic (exact) mass is 457 g/mol. The zero-order valence-electron chi connectivity index (χ0n) is 19.7. The van der Waals surface area contributed by atoms with Gasteiger partial charge in [0.2, 0.25) is 5.75 Å². The summed E-state index contributed by atoms with van der Waals surface area (Å²) >= 11 is 0. The molecule has 0 spiro atoms. The van der Waals surface area contributed by atoms with Gasteiger partial charge in [0.15, 0.2) is 11.5 Å². The number of fused-ring (bicyclic) bond motifs is 1. The molecule has 0 radical (unpaired) electrons. The Morgan fingerprint density at radius 3 is 2.26 bits per heavy atom. The van der Waals surface area contributed by atoms with Crippen LogP contribution in [0.2, 0.25) is 0 Å². The van der Waals surface area contributed by atoms with Crippen LogP contribution in [-0.2, 0) is 6.42 Å². The molecule has 0 atom stereocenters. The number of carbonyl (C=O) groups excluding carboxylic acids is 1. The molecule has 2 aromatic heterocycles. The molecule has 7 heteroatoms. The summed E-state index contributed by atoms with van der Waals surface area (Å²) in [6.07, 6.45) is 2.43. The summed E-state index contributed by atoms with van der Waals surface area (Å²) in [5.74, 6) is 1.46. The molecule has 0 unspecified atom stereocenters. The summed E-state index contributed by atoms with van der Waals surface area (Å²) in [6, 6.07) is 18.9. The lowest BCUT2D eigenvalue weighted by atomic mass is 10.0. The Bertz CT molecular complexity index is 1280. The van der Waals surface area contributed by atoms with Gasteiger partial charge in [-0.15, -0.1) is 0 Å². The third kappa shape index (κ3) is 4.64. The third-order valence-corrected chi connectivity index (χ3v) is 5.68. The second-order valence-electron chi connectivity index (χ2n) is 7.78. The van der Waals surface area contributed by atoms with Crippen LogP contribution in [-0.4, -0.2) is 55.7 Å². The van der Waals surface area contributed by atoms with E-state index in [-0.39, 0.29) is 5.91 Å². The SMILES string of the molecule is COc1cc(-c2cc(C(=O)N(C)CCc3ccccn3)c3ccccc3n2)cc(OC)c1OC. The molecule has 34 heavy (non-hydrogen) atoms. The maximum absolute atomic E-state index is 13.5. The van der Waals surface area contributed by atoms with Crippen LogP contribution in [0.4, 0.5) is 0 Å². The number of aromatic nitrogens is 2. The molecule has 0 saturated heterocycles. The second-order valence-corrected chi connectivity index (χ2v) is 7.78. The number of ether oxygens (including phenoxy) is 3. The second kappa shape index (κ2) is 10.2. The van der Waals surface area contributed by atoms with Crippen molar-refractivity contribution in [3.63, 3.8) is 0 Å². The maximum atomic E-state index is 13.5. The minimum atomic E-state index is -0.0803. The van der Waals surface area contributed by atoms with Gasteiger partial charge in [0.05, 0.1) is 38.1 Å². The molecule has 4 aromatic rings. The van der Waals surface area contributed by atoms with Gasteiger partial charge < -0.3 is 19.1 Å². The van der Waals surface area contributed by atoms with Gasteiger partial charge in [-0.05, 0) is 36.4 Å². The number of rotatable bonds is 8. The van der Waals surface area contributed by atoms with Crippen LogP contribution < -0.4 is 14.2 Å². The molecular weight excluding hydrogens is 430 g/mol. The molecule has 0 aliphatic rings. The van der Waals surface area contributed by atoms with E-state index in [2.05, 4.69) is 4.98 Å². The van der Waals surface area contributed by atoms with E-state index in [0.29, 0.717) is 41.5 Å². The fourth-order valence-electron chi connectivity index (χ4n) is 3.86. The Morgan fingerprint density at radius 1 is 0.912 bits per heavy atom. The first kappa shape index (κ1) is 23.0. The van der Waals surface area contributed by atoms with Crippen molar-refractivity contribution < 1.29 is 19.0 Å². The number of amides is 1. The van der Waals surface area contributed by atoms with Crippen LogP contribution in [0.5, 0.6) is 17.2 Å². The van der Waals surface area contributed by atoms with Gasteiger partial charge in [-0.3, -0.25) is 9.78 Å². The summed E-state index contributed by atoms with van der Waals surface area (Å²) < 4.78 is 16.4. The van der Waals surface area contributed by atoms with E-state index in [0.717, 1.165) is 22.2 Å². The number of para-hydroxylation sites is 1. The van der Waals surface area contributed by atoms with Gasteiger partial charge in [0, 0.05) is 42.9 Å². The molecule has 0 saturated carbocycles. The van der Waals surface area contributed by atoms with E-state index >= 15 is 0 Å². The Labute approximate surface area is 198 Å². The van der Waals surface area contributed by atoms with E-state index in [1.54, 1.807) is 39.5 Å². The number of nitrogens with zero attached hydrogens (tertiary/aromatic N) is 3. The van der Waals surface area contributed by atoms with Crippen molar-refractivity contribution in [1.29, 1.82) is 0 Å². The standard InChI is InChI=1S/C27H27N3O4/c1-30(14-12-19-9-7-8-13-28-19)27(31)21-17-23(29-22-11-6-5-10-20(21)22)18-15-24(32-2)26(34-4)25(16-18)33-3/h5-11,13,15-17H,12,14H2,1-4H3. The first-order valence-electron chi connectivity index (χ1n) is 10.9. The lowest BCUT2D eigenvalue weighted by Crippen LogP contribution is -2.29. The maximum Gasteiger partial charge on any atom is 0.254 e. The predicted octanol–water partition coefficient (Wildman–Crippen LogP) is 4.64. The lowest BCUT2D eigenvalue weighted by molar-refractivity contribution is 0.0798. The number of hydrogen-bond donors (Lipinski definition) is 0. The fraction of sp³-hybridized carbons (Fsp3) is 0.222. The summed E-state index contributed by atoms with van der Waals surface area (Å²) in [7, 11) is 6.51. The summed E-state index contributed by atoms with van der Waals surface area (Å²) in [5.41, 5.74) is 3.65. The largest absolute Gasteiger partial charge is 0.493 e. The normalized spacial score (nSPS) is 10.7. The zero-order valence-corrected chi connectivity index (χ0v) is 19.7. The van der Waals surface area contributed by atoms with E-state index < -0.39 is 0 Å². The number of pyridine rings is 2. The van der Waals surface area contributed by atoms with Gasteiger partial charge >= 0.3 is 0 Å². The molecular formula is C27H27N3O4. The molecule has 1 amide bonds. The Hall–Kier alpha value is -4.13. The van der Waals surface area contributed by atoms with E-state index in [9.17, 15) is 4.79 Å². The van der Waals surface area contributed by atoms with Crippen LogP contribution in [0.1, 0.15) is 16.1 Å². The molecule has 2 heterocycles. The highest BCUT2D eigenvalue weighted by Crippen LogP contribution is 2.41. The van der Waals surface area contributed by atoms with Crippen molar-refractivity contribution >= 4 is 16.8 Å². The molecule has 0 bridgehead atoms. The molecule has 0 N–H and O–H groups in total. The summed E-state index contributed by atoms with van der Waals surface area (Å²) in [4.78, 5) is 24.4. The minimum Gasteiger partial charge on any atom is -0.493 e. The molecule has 4 rings (SSSR count). The van der Waals surface area contributed by atoms with Gasteiger partial charge in [0.25, 0.3) is 5.91 Å². The first-order valence-corrected chi connectivity index (χ1v) is 10.9. The van der Waals surface area contributed by atoms with Crippen molar-refractivity contribution in [2.24, 2.45) is 0 Å². The molecule has 174 valence electrons. The van der Waals surface area contributed by atoms with Crippen LogP contribution in [0.3, 0.4) is 0 Å². The third-order valence-electron chi connectivity index (χ3n) is 5.68. The van der Waals surface area contributed by atoms with Crippen LogP contribution in [0, 0.1) is 0 Å². The Balaban J connectivity index is 1.75. The lowest BCUT2D eigenvalue weighted by Gasteiger charge is -2.19. The average Bonchev–Trinajstić information content (AvgIpc) is 2.90. The van der Waals surface area contributed by atoms with Gasteiger partial charge in [-0.2, -0.15) is 0 Å². The zero-order chi connectivity index (χ0) is 24.1. The molecule has 0 aliphatic heterocycles. The smallest absolute Gasteiger partial charge is 0.254 e. The van der Waals surface area contributed by atoms with Gasteiger partial charge in [-0.25, -0.2) is 4.98 Å². The van der Waals surface area contributed by atoms with Crippen molar-refractivity contribution in [2.75, 3.05) is 34.9 Å². The van der Waals surface area contributed by atoms with Crippen molar-refractivity contribution in [2.45, 2.75) is 6.42 Å². The van der Waals surface area contributed by atoms with Crippen LogP contribution in [0.25, 0.3) is 22.2 Å². The molecule has 7 nitrogen and oxygen atoms in total. The quantitative estimate of drug-likeness (QED) is 0.384. The van der Waals surface area contributed by atoms with Gasteiger partial charge in [-0.1, -0.05) is 24.3 Å².